The molecule has 0 bridgehead atoms. The average molecular weight is 592 g/mol. The summed E-state index contributed by atoms with van der Waals surface area (Å²) in [5.74, 6) is 3.81. The van der Waals surface area contributed by atoms with E-state index in [2.05, 4.69) is 145 Å². The maximum absolute atomic E-state index is 7.41. The quantitative estimate of drug-likeness (QED) is 0.178. The maximum Gasteiger partial charge on any atom is 0.260 e. The molecule has 0 N–H and O–H groups in total. The van der Waals surface area contributed by atoms with Gasteiger partial charge in [-0.25, -0.2) is 0 Å². The third kappa shape index (κ3) is 3.78. The molecule has 0 unspecified atom stereocenters. The third-order valence-corrected chi connectivity index (χ3v) is 11.2. The van der Waals surface area contributed by atoms with Crippen LogP contribution in [0.5, 0.6) is 23.0 Å². The van der Waals surface area contributed by atoms with Gasteiger partial charge in [0, 0.05) is 22.1 Å². The third-order valence-electron chi connectivity index (χ3n) is 11.2. The van der Waals surface area contributed by atoms with E-state index >= 15 is 0 Å². The maximum atomic E-state index is 7.41. The van der Waals surface area contributed by atoms with E-state index in [1.165, 1.54) is 50.0 Å². The largest absolute Gasteiger partial charge is 0.458 e. The highest BCUT2D eigenvalue weighted by molar-refractivity contribution is 6.98. The predicted molar refractivity (Wildman–Crippen MR) is 189 cm³/mol. The molecule has 1 aliphatic carbocycles. The Morgan fingerprint density at radius 3 is 2.13 bits per heavy atom. The summed E-state index contributed by atoms with van der Waals surface area (Å²) in [4.78, 5) is 2.44. The molecule has 3 heterocycles. The number of hydrogen-bond acceptors (Lipinski definition) is 3. The van der Waals surface area contributed by atoms with Gasteiger partial charge in [-0.2, -0.15) is 0 Å². The fourth-order valence-electron chi connectivity index (χ4n) is 8.74. The van der Waals surface area contributed by atoms with E-state index in [1.807, 2.05) is 0 Å². The molecule has 4 aromatic carbocycles. The Kier molecular flexibility index (Phi) is 5.93. The van der Waals surface area contributed by atoms with Gasteiger partial charge in [0.1, 0.15) is 23.0 Å². The standard InChI is InChI=1S/C41H42BNO2/c1-9-25-30(10-2)43(31-19-13-11-16-26(31)41(25,7)8)32-20-15-18-29-37(32)45-38-35-27(39(3,4)22-23-40(35,5)6)24-34-36(38)42(29)28-17-12-14-21-33(28)44-34/h9-21,24H,22-23H2,1-8H3/b25-9+,30-10+. The van der Waals surface area contributed by atoms with Crippen molar-refractivity contribution in [3.8, 4) is 23.0 Å². The first-order valence-electron chi connectivity index (χ1n) is 16.5. The Morgan fingerprint density at radius 1 is 0.667 bits per heavy atom. The van der Waals surface area contributed by atoms with E-state index < -0.39 is 0 Å². The van der Waals surface area contributed by atoms with Gasteiger partial charge in [0.05, 0.1) is 11.4 Å². The molecule has 0 atom stereocenters. The number of allylic oxidation sites excluding steroid dienone is 3. The van der Waals surface area contributed by atoms with Gasteiger partial charge in [0.25, 0.3) is 6.71 Å². The number of benzene rings is 4. The van der Waals surface area contributed by atoms with E-state index in [4.69, 9.17) is 9.47 Å². The van der Waals surface area contributed by atoms with Crippen LogP contribution in [-0.4, -0.2) is 6.71 Å². The summed E-state index contributed by atoms with van der Waals surface area (Å²) >= 11 is 0. The molecule has 0 spiro atoms. The van der Waals surface area contributed by atoms with E-state index in [-0.39, 0.29) is 23.0 Å². The highest BCUT2D eigenvalue weighted by atomic mass is 16.5. The van der Waals surface area contributed by atoms with Gasteiger partial charge in [-0.15, -0.1) is 0 Å². The molecule has 0 saturated heterocycles. The van der Waals surface area contributed by atoms with Crippen molar-refractivity contribution in [1.82, 2.24) is 0 Å². The van der Waals surface area contributed by atoms with Crippen molar-refractivity contribution < 1.29 is 9.47 Å². The number of nitrogens with zero attached hydrogens (tertiary/aromatic N) is 1. The molecule has 45 heavy (non-hydrogen) atoms. The summed E-state index contributed by atoms with van der Waals surface area (Å²) in [5.41, 5.74) is 12.2. The topological polar surface area (TPSA) is 21.7 Å². The number of hydrogen-bond donors (Lipinski definition) is 0. The molecule has 0 aromatic heterocycles. The van der Waals surface area contributed by atoms with Crippen molar-refractivity contribution in [3.63, 3.8) is 0 Å². The van der Waals surface area contributed by atoms with Crippen LogP contribution in [0.25, 0.3) is 0 Å². The van der Waals surface area contributed by atoms with Gasteiger partial charge in [0.15, 0.2) is 0 Å². The Morgan fingerprint density at radius 2 is 1.36 bits per heavy atom. The Balaban J connectivity index is 1.45. The molecule has 4 heteroatoms. The normalized spacial score (nSPS) is 21.2. The van der Waals surface area contributed by atoms with Crippen molar-refractivity contribution in [2.45, 2.75) is 84.5 Å². The summed E-state index contributed by atoms with van der Waals surface area (Å²) in [5, 5.41) is 0. The minimum atomic E-state index is -0.130. The smallest absolute Gasteiger partial charge is 0.260 e. The monoisotopic (exact) mass is 591 g/mol. The number of ether oxygens (including phenoxy) is 2. The van der Waals surface area contributed by atoms with Crippen LogP contribution >= 0.6 is 0 Å². The lowest BCUT2D eigenvalue weighted by Crippen LogP contribution is -2.58. The molecule has 4 aliphatic rings. The van der Waals surface area contributed by atoms with Crippen molar-refractivity contribution in [2.75, 3.05) is 4.90 Å². The van der Waals surface area contributed by atoms with E-state index in [0.29, 0.717) is 0 Å². The van der Waals surface area contributed by atoms with Gasteiger partial charge in [-0.3, -0.25) is 0 Å². The van der Waals surface area contributed by atoms with Gasteiger partial charge < -0.3 is 14.4 Å². The summed E-state index contributed by atoms with van der Waals surface area (Å²) in [7, 11) is 0. The molecule has 0 radical (unpaired) electrons. The zero-order valence-corrected chi connectivity index (χ0v) is 27.8. The van der Waals surface area contributed by atoms with Gasteiger partial charge in [-0.1, -0.05) is 102 Å². The molecule has 0 saturated carbocycles. The van der Waals surface area contributed by atoms with Crippen LogP contribution in [0.3, 0.4) is 0 Å². The minimum Gasteiger partial charge on any atom is -0.458 e. The minimum absolute atomic E-state index is 0.0153. The van der Waals surface area contributed by atoms with Crippen LogP contribution in [0.4, 0.5) is 11.4 Å². The van der Waals surface area contributed by atoms with Crippen molar-refractivity contribution in [2.24, 2.45) is 0 Å². The molecule has 226 valence electrons. The highest BCUT2D eigenvalue weighted by Crippen LogP contribution is 2.56. The Hall–Kier alpha value is -4.18. The molecular weight excluding hydrogens is 549 g/mol. The van der Waals surface area contributed by atoms with Crippen LogP contribution in [0.2, 0.25) is 0 Å². The number of para-hydroxylation sites is 3. The van der Waals surface area contributed by atoms with Gasteiger partial charge >= 0.3 is 0 Å². The van der Waals surface area contributed by atoms with Gasteiger partial charge in [0.2, 0.25) is 0 Å². The molecule has 3 nitrogen and oxygen atoms in total. The lowest BCUT2D eigenvalue weighted by atomic mass is 9.34. The van der Waals surface area contributed by atoms with Crippen LogP contribution in [0.1, 0.15) is 84.9 Å². The van der Waals surface area contributed by atoms with E-state index in [0.717, 1.165) is 41.5 Å². The second-order valence-electron chi connectivity index (χ2n) is 15.0. The fraction of sp³-hybridized carbons (Fsp3) is 0.317. The lowest BCUT2D eigenvalue weighted by Gasteiger charge is -2.47. The predicted octanol–water partition coefficient (Wildman–Crippen LogP) is 9.04. The first-order valence-corrected chi connectivity index (χ1v) is 16.5. The van der Waals surface area contributed by atoms with Crippen molar-refractivity contribution in [3.05, 3.63) is 113 Å². The zero-order valence-electron chi connectivity index (χ0n) is 27.8. The number of anilines is 2. The molecule has 0 amide bonds. The highest BCUT2D eigenvalue weighted by Gasteiger charge is 2.49. The Labute approximate surface area is 268 Å². The molecular formula is C41H42BNO2. The summed E-state index contributed by atoms with van der Waals surface area (Å²) < 4.78 is 14.2. The van der Waals surface area contributed by atoms with Crippen LogP contribution < -0.4 is 30.8 Å². The molecule has 0 fully saturated rings. The van der Waals surface area contributed by atoms with E-state index in [1.54, 1.807) is 0 Å². The molecule has 3 aliphatic heterocycles. The Bertz CT molecular complexity index is 1980. The summed E-state index contributed by atoms with van der Waals surface area (Å²) in [6.07, 6.45) is 6.79. The van der Waals surface area contributed by atoms with Crippen molar-refractivity contribution in [1.29, 1.82) is 0 Å². The SMILES string of the molecule is C/C=C1\C(=C/C)N(c2cccc3c2Oc2c4c(cc5c2C(C)(C)CCC5(C)C)Oc2ccccc2B34)c2ccccc2C1(C)C. The molecule has 4 aromatic rings. The lowest BCUT2D eigenvalue weighted by molar-refractivity contribution is 0.318. The first-order chi connectivity index (χ1) is 21.5. The first kappa shape index (κ1) is 28.3. The summed E-state index contributed by atoms with van der Waals surface area (Å²) in [6.45, 7) is 18.5. The van der Waals surface area contributed by atoms with Crippen molar-refractivity contribution >= 4 is 34.5 Å². The molecule has 8 rings (SSSR count). The number of rotatable bonds is 1. The van der Waals surface area contributed by atoms with Crippen LogP contribution in [0.15, 0.2) is 96.2 Å². The van der Waals surface area contributed by atoms with E-state index in [9.17, 15) is 0 Å². The number of fused-ring (bicyclic) bond motifs is 7. The second-order valence-corrected chi connectivity index (χ2v) is 15.0. The second kappa shape index (κ2) is 9.42. The van der Waals surface area contributed by atoms with Gasteiger partial charge in [-0.05, 0) is 89.4 Å². The van der Waals surface area contributed by atoms with Crippen LogP contribution in [-0.2, 0) is 16.2 Å². The zero-order chi connectivity index (χ0) is 31.5. The average Bonchev–Trinajstić information content (AvgIpc) is 3.02. The summed E-state index contributed by atoms with van der Waals surface area (Å²) in [6, 6.07) is 26.5. The van der Waals surface area contributed by atoms with Crippen LogP contribution in [0, 0.1) is 0 Å². The fourth-order valence-corrected chi connectivity index (χ4v) is 8.74.